The summed E-state index contributed by atoms with van der Waals surface area (Å²) in [6.07, 6.45) is 0.460. The van der Waals surface area contributed by atoms with Crippen molar-refractivity contribution in [2.45, 2.75) is 6.42 Å². The third-order valence-electron chi connectivity index (χ3n) is 2.70. The number of nitrogens with zero attached hydrogens (tertiary/aromatic N) is 1. The molecule has 0 aliphatic carbocycles. The summed E-state index contributed by atoms with van der Waals surface area (Å²) in [6, 6.07) is 17.8. The molecule has 0 aliphatic heterocycles. The van der Waals surface area contributed by atoms with E-state index < -0.39 is 0 Å². The van der Waals surface area contributed by atoms with Crippen LogP contribution in [0.15, 0.2) is 54.6 Å². The summed E-state index contributed by atoms with van der Waals surface area (Å²) >= 11 is 1.51. The standard InChI is InChI=1S/C14H11NOS/c16-14(10-11-6-2-1-3-7-11)15-12-8-4-5-9-13(12)17-15/h1-9H,10H2. The molecule has 0 atom stereocenters. The number of fused-ring (bicyclic) bond motifs is 1. The van der Waals surface area contributed by atoms with Gasteiger partial charge in [-0.25, -0.2) is 3.96 Å². The van der Waals surface area contributed by atoms with Gasteiger partial charge >= 0.3 is 0 Å². The molecule has 0 fully saturated rings. The summed E-state index contributed by atoms with van der Waals surface area (Å²) in [5.41, 5.74) is 2.08. The molecular weight excluding hydrogens is 230 g/mol. The summed E-state index contributed by atoms with van der Waals surface area (Å²) in [6.45, 7) is 0. The van der Waals surface area contributed by atoms with Crippen molar-refractivity contribution in [3.63, 3.8) is 0 Å². The fourth-order valence-corrected chi connectivity index (χ4v) is 2.72. The van der Waals surface area contributed by atoms with Gasteiger partial charge in [-0.1, -0.05) is 42.5 Å². The van der Waals surface area contributed by atoms with Gasteiger partial charge in [0.05, 0.1) is 16.6 Å². The highest BCUT2D eigenvalue weighted by Crippen LogP contribution is 2.25. The third kappa shape index (κ3) is 1.89. The number of carbonyl (C=O) groups excluding carboxylic acids is 1. The zero-order valence-corrected chi connectivity index (χ0v) is 9.98. The molecule has 84 valence electrons. The van der Waals surface area contributed by atoms with E-state index in [1.165, 1.54) is 16.2 Å². The lowest BCUT2D eigenvalue weighted by Crippen LogP contribution is -2.14. The largest absolute Gasteiger partial charge is 0.273 e. The summed E-state index contributed by atoms with van der Waals surface area (Å²) in [5.74, 6) is 0.139. The van der Waals surface area contributed by atoms with Gasteiger partial charge in [0.15, 0.2) is 0 Å². The highest BCUT2D eigenvalue weighted by molar-refractivity contribution is 7.17. The first-order valence-corrected chi connectivity index (χ1v) is 6.26. The van der Waals surface area contributed by atoms with E-state index in [2.05, 4.69) is 0 Å². The maximum Gasteiger partial charge on any atom is 0.244 e. The predicted molar refractivity (Wildman–Crippen MR) is 70.6 cm³/mol. The van der Waals surface area contributed by atoms with E-state index in [9.17, 15) is 4.79 Å². The smallest absolute Gasteiger partial charge is 0.244 e. The van der Waals surface area contributed by atoms with Gasteiger partial charge in [0.1, 0.15) is 0 Å². The average Bonchev–Trinajstić information content (AvgIpc) is 2.32. The van der Waals surface area contributed by atoms with Crippen LogP contribution in [0.3, 0.4) is 0 Å². The highest BCUT2D eigenvalue weighted by atomic mass is 32.1. The molecule has 2 aromatic carbocycles. The molecule has 3 heteroatoms. The number of aromatic nitrogens is 1. The highest BCUT2D eigenvalue weighted by Gasteiger charge is 2.13. The minimum absolute atomic E-state index is 0.139. The molecule has 1 heterocycles. The molecule has 0 bridgehead atoms. The summed E-state index contributed by atoms with van der Waals surface area (Å²) in [5, 5.41) is 0. The van der Waals surface area contributed by atoms with Crippen molar-refractivity contribution in [3.8, 4) is 0 Å². The van der Waals surface area contributed by atoms with E-state index >= 15 is 0 Å². The van der Waals surface area contributed by atoms with Crippen LogP contribution in [0.5, 0.6) is 0 Å². The lowest BCUT2D eigenvalue weighted by molar-refractivity contribution is 0.0930. The number of benzene rings is 2. The van der Waals surface area contributed by atoms with Gasteiger partial charge in [0.25, 0.3) is 0 Å². The quantitative estimate of drug-likeness (QED) is 0.672. The Hall–Kier alpha value is -1.87. The van der Waals surface area contributed by atoms with Crippen molar-refractivity contribution in [3.05, 3.63) is 60.2 Å². The molecule has 0 amide bonds. The number of hydrogen-bond acceptors (Lipinski definition) is 2. The molecule has 0 saturated heterocycles. The van der Waals surface area contributed by atoms with Crippen molar-refractivity contribution >= 4 is 27.7 Å². The van der Waals surface area contributed by atoms with Gasteiger partial charge in [0.2, 0.25) is 5.91 Å². The second-order valence-electron chi connectivity index (χ2n) is 3.91. The van der Waals surface area contributed by atoms with E-state index in [0.717, 1.165) is 11.1 Å². The second-order valence-corrected chi connectivity index (χ2v) is 4.90. The Morgan fingerprint density at radius 1 is 1.00 bits per heavy atom. The lowest BCUT2D eigenvalue weighted by atomic mass is 10.1. The fourth-order valence-electron chi connectivity index (χ4n) is 1.84. The van der Waals surface area contributed by atoms with Crippen LogP contribution < -0.4 is 0 Å². The van der Waals surface area contributed by atoms with Gasteiger partial charge < -0.3 is 0 Å². The molecule has 17 heavy (non-hydrogen) atoms. The van der Waals surface area contributed by atoms with Crippen molar-refractivity contribution in [2.24, 2.45) is 0 Å². The van der Waals surface area contributed by atoms with Crippen LogP contribution >= 0.6 is 11.5 Å². The Kier molecular flexibility index (Phi) is 2.53. The third-order valence-corrected chi connectivity index (χ3v) is 3.82. The van der Waals surface area contributed by atoms with E-state index in [-0.39, 0.29) is 5.91 Å². The Morgan fingerprint density at radius 3 is 2.47 bits per heavy atom. The van der Waals surface area contributed by atoms with E-state index in [4.69, 9.17) is 0 Å². The second kappa shape index (κ2) is 4.18. The van der Waals surface area contributed by atoms with Crippen LogP contribution in [-0.2, 0) is 6.42 Å². The van der Waals surface area contributed by atoms with E-state index in [0.29, 0.717) is 6.42 Å². The fraction of sp³-hybridized carbons (Fsp3) is 0.0714. The van der Waals surface area contributed by atoms with Crippen LogP contribution in [0.2, 0.25) is 0 Å². The Balaban J connectivity index is 1.85. The molecule has 1 aromatic heterocycles. The number of para-hydroxylation sites is 1. The Morgan fingerprint density at radius 2 is 1.71 bits per heavy atom. The molecule has 0 aliphatic rings. The number of rotatable bonds is 2. The minimum atomic E-state index is 0.139. The molecule has 0 saturated carbocycles. The average molecular weight is 241 g/mol. The maximum absolute atomic E-state index is 12.1. The van der Waals surface area contributed by atoms with Gasteiger partial charge in [-0.15, -0.1) is 0 Å². The van der Waals surface area contributed by atoms with Crippen molar-refractivity contribution in [1.29, 1.82) is 0 Å². The molecule has 0 radical (unpaired) electrons. The normalized spacial score (nSPS) is 10.8. The van der Waals surface area contributed by atoms with Crippen molar-refractivity contribution in [1.82, 2.24) is 3.96 Å². The first kappa shape index (κ1) is 10.3. The molecule has 2 nitrogen and oxygen atoms in total. The van der Waals surface area contributed by atoms with Gasteiger partial charge in [-0.05, 0) is 29.2 Å². The zero-order valence-electron chi connectivity index (χ0n) is 9.17. The summed E-state index contributed by atoms with van der Waals surface area (Å²) < 4.78 is 2.94. The Bertz CT molecular complexity index is 651. The van der Waals surface area contributed by atoms with Gasteiger partial charge in [-0.2, -0.15) is 0 Å². The van der Waals surface area contributed by atoms with Crippen LogP contribution in [0.1, 0.15) is 10.4 Å². The van der Waals surface area contributed by atoms with Crippen LogP contribution in [-0.4, -0.2) is 9.86 Å². The van der Waals surface area contributed by atoms with Gasteiger partial charge in [0, 0.05) is 0 Å². The molecule has 3 rings (SSSR count). The molecule has 3 aromatic rings. The minimum Gasteiger partial charge on any atom is -0.273 e. The first-order chi connectivity index (χ1) is 8.34. The molecule has 0 spiro atoms. The lowest BCUT2D eigenvalue weighted by Gasteiger charge is -2.12. The zero-order chi connectivity index (χ0) is 11.7. The Labute approximate surface area is 103 Å². The maximum atomic E-state index is 12.1. The van der Waals surface area contributed by atoms with E-state index in [1.54, 1.807) is 3.96 Å². The number of hydrogen-bond donors (Lipinski definition) is 0. The van der Waals surface area contributed by atoms with Crippen molar-refractivity contribution in [2.75, 3.05) is 0 Å². The monoisotopic (exact) mass is 241 g/mol. The SMILES string of the molecule is O=C(Cc1ccccc1)n1sc2ccccc21. The number of carbonyl (C=O) groups is 1. The molecule has 0 N–H and O–H groups in total. The summed E-state index contributed by atoms with van der Waals surface area (Å²) in [7, 11) is 0. The van der Waals surface area contributed by atoms with Crippen LogP contribution in [0, 0.1) is 0 Å². The topological polar surface area (TPSA) is 22.0 Å². The van der Waals surface area contributed by atoms with Crippen molar-refractivity contribution < 1.29 is 4.79 Å². The first-order valence-electron chi connectivity index (χ1n) is 5.48. The van der Waals surface area contributed by atoms with Crippen LogP contribution in [0.4, 0.5) is 0 Å². The molecular formula is C14H11NOS. The van der Waals surface area contributed by atoms with Crippen LogP contribution in [0.25, 0.3) is 10.2 Å². The van der Waals surface area contributed by atoms with Gasteiger partial charge in [-0.3, -0.25) is 4.79 Å². The summed E-state index contributed by atoms with van der Waals surface area (Å²) in [4.78, 5) is 12.1. The predicted octanol–water partition coefficient (Wildman–Crippen LogP) is 3.59. The molecule has 0 unspecified atom stereocenters. The van der Waals surface area contributed by atoms with E-state index in [1.807, 2.05) is 54.6 Å².